The minimum Gasteiger partial charge on any atom is -0.273 e. The van der Waals surface area contributed by atoms with Gasteiger partial charge >= 0.3 is 10.3 Å². The van der Waals surface area contributed by atoms with Gasteiger partial charge < -0.3 is 0 Å². The lowest BCUT2D eigenvalue weighted by Crippen LogP contribution is -2.34. The largest absolute Gasteiger partial charge is 0.336 e. The second-order valence-corrected chi connectivity index (χ2v) is 6.11. The van der Waals surface area contributed by atoms with Crippen LogP contribution >= 0.6 is 11.3 Å². The molecule has 1 aromatic rings. The molecule has 1 unspecified atom stereocenters. The first-order valence-electron chi connectivity index (χ1n) is 5.22. The van der Waals surface area contributed by atoms with Crippen molar-refractivity contribution < 1.29 is 13.0 Å². The molecule has 16 heavy (non-hydrogen) atoms. The zero-order valence-electron chi connectivity index (χ0n) is 8.74. The number of rotatable bonds is 2. The Bertz CT molecular complexity index is 430. The topological polar surface area (TPSA) is 70.5 Å². The molecule has 0 spiro atoms. The van der Waals surface area contributed by atoms with Crippen molar-refractivity contribution >= 4 is 21.6 Å². The Hall–Kier alpha value is -0.500. The monoisotopic (exact) mass is 262 g/mol. The summed E-state index contributed by atoms with van der Waals surface area (Å²) >= 11 is 1.43. The van der Waals surface area contributed by atoms with Gasteiger partial charge in [-0.05, 0) is 12.8 Å². The van der Waals surface area contributed by atoms with Crippen LogP contribution in [0.3, 0.4) is 0 Å². The fraction of sp³-hybridized carbons (Fsp3) is 0.667. The van der Waals surface area contributed by atoms with Crippen LogP contribution in [0.2, 0.25) is 0 Å². The van der Waals surface area contributed by atoms with Crippen molar-refractivity contribution in [3.63, 3.8) is 0 Å². The number of aromatic nitrogens is 1. The van der Waals surface area contributed by atoms with E-state index in [2.05, 4.69) is 4.98 Å². The van der Waals surface area contributed by atoms with Crippen molar-refractivity contribution in [2.24, 2.45) is 0 Å². The molecule has 1 aliphatic rings. The summed E-state index contributed by atoms with van der Waals surface area (Å²) < 4.78 is 33.0. The number of thiazole rings is 1. The minimum atomic E-state index is -4.12. The maximum absolute atomic E-state index is 11.3. The highest BCUT2D eigenvalue weighted by Gasteiger charge is 2.32. The molecule has 2 rings (SSSR count). The molecular weight excluding hydrogens is 248 g/mol. The predicted molar refractivity (Wildman–Crippen MR) is 61.6 cm³/mol. The van der Waals surface area contributed by atoms with E-state index in [0.717, 1.165) is 30.7 Å². The zero-order valence-corrected chi connectivity index (χ0v) is 10.4. The van der Waals surface area contributed by atoms with Crippen molar-refractivity contribution in [1.82, 2.24) is 9.29 Å². The van der Waals surface area contributed by atoms with Crippen LogP contribution in [0.1, 0.15) is 36.7 Å². The average Bonchev–Trinajstić information content (AvgIpc) is 2.60. The maximum Gasteiger partial charge on any atom is 0.336 e. The summed E-state index contributed by atoms with van der Waals surface area (Å²) in [6.07, 6.45) is 5.15. The third-order valence-corrected chi connectivity index (χ3v) is 4.64. The quantitative estimate of drug-likeness (QED) is 0.826. The van der Waals surface area contributed by atoms with Crippen LogP contribution in [-0.4, -0.2) is 28.8 Å². The number of nitrogens with zero attached hydrogens (tertiary/aromatic N) is 2. The van der Waals surface area contributed by atoms with E-state index in [0.29, 0.717) is 6.54 Å². The normalized spacial score (nSPS) is 24.2. The number of hydrogen-bond acceptors (Lipinski definition) is 4. The van der Waals surface area contributed by atoms with E-state index in [9.17, 15) is 13.0 Å². The molecule has 1 aliphatic heterocycles. The smallest absolute Gasteiger partial charge is 0.273 e. The van der Waals surface area contributed by atoms with Gasteiger partial charge in [-0.3, -0.25) is 4.55 Å². The molecule has 1 fully saturated rings. The van der Waals surface area contributed by atoms with Gasteiger partial charge in [0.05, 0.1) is 6.04 Å². The molecule has 0 radical (unpaired) electrons. The second-order valence-electron chi connectivity index (χ2n) is 3.82. The van der Waals surface area contributed by atoms with Gasteiger partial charge in [0.15, 0.2) is 0 Å². The van der Waals surface area contributed by atoms with E-state index < -0.39 is 10.3 Å². The van der Waals surface area contributed by atoms with Gasteiger partial charge in [-0.1, -0.05) is 12.8 Å². The highest BCUT2D eigenvalue weighted by atomic mass is 32.2. The van der Waals surface area contributed by atoms with Crippen molar-refractivity contribution in [2.45, 2.75) is 31.7 Å². The summed E-state index contributed by atoms with van der Waals surface area (Å²) in [5.41, 5.74) is 0. The summed E-state index contributed by atoms with van der Waals surface area (Å²) in [5.74, 6) is 0. The molecule has 0 aliphatic carbocycles. The fourth-order valence-corrected chi connectivity index (χ4v) is 3.74. The highest BCUT2D eigenvalue weighted by Crippen LogP contribution is 2.32. The van der Waals surface area contributed by atoms with E-state index in [-0.39, 0.29) is 6.04 Å². The van der Waals surface area contributed by atoms with E-state index in [1.807, 2.05) is 5.38 Å². The van der Waals surface area contributed by atoms with Gasteiger partial charge in [0.25, 0.3) is 0 Å². The minimum absolute atomic E-state index is 0.294. The fourth-order valence-electron chi connectivity index (χ4n) is 2.00. The second kappa shape index (κ2) is 4.79. The first-order valence-corrected chi connectivity index (χ1v) is 7.50. The van der Waals surface area contributed by atoms with Crippen LogP contribution in [-0.2, 0) is 10.3 Å². The Kier molecular flexibility index (Phi) is 3.58. The van der Waals surface area contributed by atoms with Gasteiger partial charge in [-0.15, -0.1) is 11.3 Å². The van der Waals surface area contributed by atoms with Crippen molar-refractivity contribution in [2.75, 3.05) is 6.54 Å². The Morgan fingerprint density at radius 1 is 1.44 bits per heavy atom. The summed E-state index contributed by atoms with van der Waals surface area (Å²) in [6, 6.07) is -0.294. The molecule has 1 saturated heterocycles. The Labute approximate surface area is 99.0 Å². The van der Waals surface area contributed by atoms with E-state index in [1.165, 1.54) is 15.6 Å². The molecular formula is C9H14N2O3S2. The Morgan fingerprint density at radius 2 is 2.25 bits per heavy atom. The van der Waals surface area contributed by atoms with Gasteiger partial charge in [0.2, 0.25) is 0 Å². The lowest BCUT2D eigenvalue weighted by Gasteiger charge is -2.24. The Balaban J connectivity index is 2.30. The van der Waals surface area contributed by atoms with E-state index in [4.69, 9.17) is 0 Å². The van der Waals surface area contributed by atoms with E-state index >= 15 is 0 Å². The summed E-state index contributed by atoms with van der Waals surface area (Å²) in [5, 5.41) is 2.59. The van der Waals surface area contributed by atoms with Crippen LogP contribution in [0.5, 0.6) is 0 Å². The average molecular weight is 262 g/mol. The maximum atomic E-state index is 11.3. The van der Waals surface area contributed by atoms with Crippen molar-refractivity contribution in [3.05, 3.63) is 16.6 Å². The lowest BCUT2D eigenvalue weighted by molar-refractivity contribution is 0.290. The molecule has 0 saturated carbocycles. The molecule has 90 valence electrons. The molecule has 5 nitrogen and oxygen atoms in total. The molecule has 1 N–H and O–H groups in total. The zero-order chi connectivity index (χ0) is 11.6. The summed E-state index contributed by atoms with van der Waals surface area (Å²) in [6.45, 7) is 0.378. The summed E-state index contributed by atoms with van der Waals surface area (Å²) in [4.78, 5) is 4.15. The van der Waals surface area contributed by atoms with Crippen LogP contribution in [0.4, 0.5) is 0 Å². The first kappa shape index (κ1) is 12.0. The van der Waals surface area contributed by atoms with Gasteiger partial charge in [-0.25, -0.2) is 4.98 Å². The lowest BCUT2D eigenvalue weighted by atomic mass is 10.1. The van der Waals surface area contributed by atoms with Crippen LogP contribution in [0.15, 0.2) is 11.6 Å². The molecule has 0 bridgehead atoms. The molecule has 0 amide bonds. The van der Waals surface area contributed by atoms with Gasteiger partial charge in [0.1, 0.15) is 5.01 Å². The molecule has 1 atom stereocenters. The third kappa shape index (κ3) is 2.60. The first-order chi connectivity index (χ1) is 7.59. The third-order valence-electron chi connectivity index (χ3n) is 2.74. The van der Waals surface area contributed by atoms with Gasteiger partial charge in [0, 0.05) is 18.1 Å². The predicted octanol–water partition coefficient (Wildman–Crippen LogP) is 1.86. The van der Waals surface area contributed by atoms with Crippen molar-refractivity contribution in [3.8, 4) is 0 Å². The van der Waals surface area contributed by atoms with Gasteiger partial charge in [-0.2, -0.15) is 12.7 Å². The van der Waals surface area contributed by atoms with Crippen molar-refractivity contribution in [1.29, 1.82) is 0 Å². The highest BCUT2D eigenvalue weighted by molar-refractivity contribution is 7.83. The van der Waals surface area contributed by atoms with Crippen LogP contribution in [0, 0.1) is 0 Å². The standard InChI is InChI=1S/C9H14N2O3S2/c12-16(13,14)11-6-3-1-2-4-8(11)9-10-5-7-15-9/h5,7-8H,1-4,6H2,(H,12,13,14). The molecule has 7 heteroatoms. The van der Waals surface area contributed by atoms with E-state index in [1.54, 1.807) is 6.20 Å². The Morgan fingerprint density at radius 3 is 2.88 bits per heavy atom. The summed E-state index contributed by atoms with van der Waals surface area (Å²) in [7, 11) is -4.12. The molecule has 1 aromatic heterocycles. The number of hydrogen-bond donors (Lipinski definition) is 1. The van der Waals surface area contributed by atoms with Crippen LogP contribution < -0.4 is 0 Å². The SMILES string of the molecule is O=S(=O)(O)N1CCCCCC1c1nccs1. The van der Waals surface area contributed by atoms with Crippen LogP contribution in [0.25, 0.3) is 0 Å². The molecule has 2 heterocycles. The molecule has 0 aromatic carbocycles.